The van der Waals surface area contributed by atoms with Gasteiger partial charge in [0.25, 0.3) is 0 Å². The van der Waals surface area contributed by atoms with Gasteiger partial charge >= 0.3 is 12.2 Å². The second kappa shape index (κ2) is 19.0. The molecule has 3 aromatic heterocycles. The Morgan fingerprint density at radius 1 is 0.868 bits per heavy atom. The van der Waals surface area contributed by atoms with Crippen LogP contribution in [-0.2, 0) is 14.3 Å². The number of methoxy groups -OCH3 is 3. The molecule has 0 radical (unpaired) electrons. The number of H-pyrrole nitrogens is 2. The van der Waals surface area contributed by atoms with Crippen molar-refractivity contribution in [3.63, 3.8) is 0 Å². The molecule has 6 heterocycles. The number of nitrogens with zero attached hydrogens (tertiary/aromatic N) is 5. The van der Waals surface area contributed by atoms with E-state index in [-0.39, 0.29) is 42.4 Å². The first-order valence-corrected chi connectivity index (χ1v) is 23.0. The zero-order valence-corrected chi connectivity index (χ0v) is 39.1. The van der Waals surface area contributed by atoms with Crippen LogP contribution >= 0.6 is 0 Å². The highest BCUT2D eigenvalue weighted by Crippen LogP contribution is 2.48. The van der Waals surface area contributed by atoms with Gasteiger partial charge in [-0.05, 0) is 73.7 Å². The van der Waals surface area contributed by atoms with Crippen LogP contribution < -0.4 is 20.1 Å². The van der Waals surface area contributed by atoms with E-state index in [1.807, 2.05) is 53.2 Å². The van der Waals surface area contributed by atoms with Crippen molar-refractivity contribution in [2.45, 2.75) is 83.5 Å². The highest BCUT2D eigenvalue weighted by atomic mass is 19.1. The average Bonchev–Trinajstić information content (AvgIpc) is 4.20. The van der Waals surface area contributed by atoms with Crippen molar-refractivity contribution < 1.29 is 42.1 Å². The number of alkyl halides is 1. The molecule has 6 aromatic rings. The smallest absolute Gasteiger partial charge is 0.407 e. The average molecular weight is 934 g/mol. The summed E-state index contributed by atoms with van der Waals surface area (Å²) in [7, 11) is 4.18. The minimum absolute atomic E-state index is 0.00494. The summed E-state index contributed by atoms with van der Waals surface area (Å²) < 4.78 is 56.0. The van der Waals surface area contributed by atoms with E-state index in [1.165, 1.54) is 31.4 Å². The number of fused-ring (bicyclic) bond motifs is 5. The number of hydrogen-bond acceptors (Lipinski definition) is 10. The van der Waals surface area contributed by atoms with Gasteiger partial charge in [-0.1, -0.05) is 45.9 Å². The lowest BCUT2D eigenvalue weighted by Gasteiger charge is -2.31. The van der Waals surface area contributed by atoms with Crippen molar-refractivity contribution in [1.82, 2.24) is 44.9 Å². The SMILES string of the molecule is COC(=O)NC(CN1CCCC1c1ncc(-c2ccc3c(c2)cc2n3C(c3cccc(OC)c3)Oc3cc(-c4cnc(C5CC(F)CN5C(=O)C(NC(=O)OC)C(C)C)[nH]4)cc(F)c3-2)[nH]1)C(C)C. The number of nitrogens with one attached hydrogen (secondary N) is 4. The number of benzene rings is 3. The molecule has 2 fully saturated rings. The summed E-state index contributed by atoms with van der Waals surface area (Å²) in [5, 5.41) is 6.43. The fourth-order valence-corrected chi connectivity index (χ4v) is 9.82. The molecule has 0 bridgehead atoms. The van der Waals surface area contributed by atoms with Crippen LogP contribution in [-0.4, -0.2) is 112 Å². The zero-order valence-electron chi connectivity index (χ0n) is 39.1. The maximum atomic E-state index is 16.9. The van der Waals surface area contributed by atoms with Crippen LogP contribution in [0.25, 0.3) is 44.7 Å². The summed E-state index contributed by atoms with van der Waals surface area (Å²) in [5.41, 5.74) is 5.12. The third-order valence-corrected chi connectivity index (χ3v) is 13.5. The van der Waals surface area contributed by atoms with Crippen LogP contribution in [0.5, 0.6) is 11.5 Å². The van der Waals surface area contributed by atoms with Gasteiger partial charge in [-0.2, -0.15) is 0 Å². The molecular weight excluding hydrogens is 877 g/mol. The van der Waals surface area contributed by atoms with Gasteiger partial charge in [-0.15, -0.1) is 0 Å². The number of rotatable bonds is 13. The lowest BCUT2D eigenvalue weighted by Crippen LogP contribution is -2.51. The number of halogens is 2. The van der Waals surface area contributed by atoms with E-state index in [9.17, 15) is 14.4 Å². The molecule has 9 rings (SSSR count). The summed E-state index contributed by atoms with van der Waals surface area (Å²) in [6, 6.07) is 17.1. The van der Waals surface area contributed by atoms with Crippen molar-refractivity contribution >= 4 is 29.0 Å². The van der Waals surface area contributed by atoms with E-state index >= 15 is 8.78 Å². The quantitative estimate of drug-likeness (QED) is 0.0875. The van der Waals surface area contributed by atoms with Crippen molar-refractivity contribution in [1.29, 1.82) is 0 Å². The summed E-state index contributed by atoms with van der Waals surface area (Å²) in [6.07, 6.45) is 2.06. The first-order chi connectivity index (χ1) is 32.7. The van der Waals surface area contributed by atoms with Crippen LogP contribution in [0.3, 0.4) is 0 Å². The molecule has 4 N–H and O–H groups in total. The number of carbonyl (C=O) groups is 3. The molecule has 3 aliphatic rings. The molecule has 0 saturated carbocycles. The molecular formula is C50H57F2N9O7. The number of alkyl carbamates (subject to hydrolysis) is 2. The molecule has 6 atom stereocenters. The minimum Gasteiger partial charge on any atom is -0.497 e. The Morgan fingerprint density at radius 3 is 2.29 bits per heavy atom. The van der Waals surface area contributed by atoms with Gasteiger partial charge in [0.15, 0.2) is 0 Å². The standard InChI is InChI=1S/C50H57F2N9O7/c1-26(2)37(57-49(63)66-6)25-59-15-9-12-39(59)45-53-22-35(55-45)28-13-14-38-31(16-28)19-40-43-34(52)18-30(20-42(43)68-48(61(38)40)29-10-8-11-33(17-29)65-5)36-23-54-46(56-36)41-21-32(51)24-60(41)47(62)44(27(3)4)58-50(64)67-7/h8,10-11,13-14,16-20,22-23,26-27,32,37,39,41,44,48H,9,12,15,21,24-25H2,1-7H3,(H,53,55)(H,54,56)(H,57,63)(H,58,64). The van der Waals surface area contributed by atoms with Gasteiger partial charge in [-0.25, -0.2) is 28.3 Å². The first kappa shape index (κ1) is 46.2. The Hall–Kier alpha value is -6.95. The Kier molecular flexibility index (Phi) is 12.9. The third kappa shape index (κ3) is 8.84. The maximum Gasteiger partial charge on any atom is 0.407 e. The van der Waals surface area contributed by atoms with Crippen LogP contribution in [0.4, 0.5) is 18.4 Å². The molecule has 68 heavy (non-hydrogen) atoms. The van der Waals surface area contributed by atoms with Crippen LogP contribution in [0.15, 0.2) is 73.1 Å². The second-order valence-electron chi connectivity index (χ2n) is 18.5. The van der Waals surface area contributed by atoms with Gasteiger partial charge in [0, 0.05) is 41.1 Å². The van der Waals surface area contributed by atoms with Crippen molar-refractivity contribution in [3.8, 4) is 45.3 Å². The highest BCUT2D eigenvalue weighted by molar-refractivity contribution is 5.93. The molecule has 3 aliphatic heterocycles. The molecule has 3 amide bonds. The minimum atomic E-state index is -1.32. The van der Waals surface area contributed by atoms with E-state index in [0.717, 1.165) is 52.9 Å². The zero-order chi connectivity index (χ0) is 48.0. The Labute approximate surface area is 392 Å². The molecule has 0 aliphatic carbocycles. The summed E-state index contributed by atoms with van der Waals surface area (Å²) >= 11 is 0. The summed E-state index contributed by atoms with van der Waals surface area (Å²) in [4.78, 5) is 58.0. The summed E-state index contributed by atoms with van der Waals surface area (Å²) in [5.74, 6) is 1.02. The number of amides is 3. The van der Waals surface area contributed by atoms with E-state index in [0.29, 0.717) is 40.8 Å². The Balaban J connectivity index is 1.04. The van der Waals surface area contributed by atoms with E-state index < -0.39 is 48.4 Å². The predicted octanol–water partition coefficient (Wildman–Crippen LogP) is 8.69. The van der Waals surface area contributed by atoms with Gasteiger partial charge < -0.3 is 49.0 Å². The van der Waals surface area contributed by atoms with Crippen LogP contribution in [0.1, 0.15) is 82.5 Å². The molecule has 6 unspecified atom stereocenters. The lowest BCUT2D eigenvalue weighted by atomic mass is 10.0. The van der Waals surface area contributed by atoms with Gasteiger partial charge in [-0.3, -0.25) is 9.69 Å². The second-order valence-corrected chi connectivity index (χ2v) is 18.5. The van der Waals surface area contributed by atoms with Gasteiger partial charge in [0.05, 0.1) is 80.5 Å². The molecule has 2 saturated heterocycles. The number of aromatic nitrogens is 5. The highest BCUT2D eigenvalue weighted by Gasteiger charge is 2.42. The number of carbonyl (C=O) groups excluding carboxylic acids is 3. The number of hydrogen-bond donors (Lipinski definition) is 4. The molecule has 358 valence electrons. The largest absolute Gasteiger partial charge is 0.497 e. The molecule has 16 nitrogen and oxygen atoms in total. The number of aromatic amines is 2. The van der Waals surface area contributed by atoms with Crippen molar-refractivity contribution in [2.24, 2.45) is 11.8 Å². The van der Waals surface area contributed by atoms with Gasteiger partial charge in [0.2, 0.25) is 12.1 Å². The number of ether oxygens (including phenoxy) is 4. The van der Waals surface area contributed by atoms with Gasteiger partial charge in [0.1, 0.15) is 41.2 Å². The fraction of sp³-hybridized carbons (Fsp3) is 0.420. The number of imidazole rings is 2. The topological polar surface area (TPSA) is 181 Å². The monoisotopic (exact) mass is 933 g/mol. The number of likely N-dealkylation sites (tertiary alicyclic amines) is 2. The van der Waals surface area contributed by atoms with Crippen molar-refractivity contribution in [3.05, 3.63) is 96.1 Å². The normalized spacial score (nSPS) is 20.0. The first-order valence-electron chi connectivity index (χ1n) is 23.0. The molecule has 0 spiro atoms. The van der Waals surface area contributed by atoms with Crippen molar-refractivity contribution in [2.75, 3.05) is 41.0 Å². The molecule has 18 heteroatoms. The third-order valence-electron chi connectivity index (χ3n) is 13.5. The van der Waals surface area contributed by atoms with E-state index in [4.69, 9.17) is 23.9 Å². The molecule has 3 aromatic carbocycles. The maximum absolute atomic E-state index is 16.9. The van der Waals surface area contributed by atoms with E-state index in [1.54, 1.807) is 27.0 Å². The van der Waals surface area contributed by atoms with Crippen LogP contribution in [0.2, 0.25) is 0 Å². The predicted molar refractivity (Wildman–Crippen MR) is 250 cm³/mol. The fourth-order valence-electron chi connectivity index (χ4n) is 9.82. The lowest BCUT2D eigenvalue weighted by molar-refractivity contribution is -0.135. The Morgan fingerprint density at radius 2 is 1.59 bits per heavy atom. The Bertz CT molecular complexity index is 2840. The summed E-state index contributed by atoms with van der Waals surface area (Å²) in [6.45, 7) is 9.10. The van der Waals surface area contributed by atoms with Crippen LogP contribution in [0, 0.1) is 17.7 Å². The van der Waals surface area contributed by atoms with E-state index in [2.05, 4.69) is 50.4 Å².